The van der Waals surface area contributed by atoms with Crippen molar-refractivity contribution >= 4 is 25.4 Å². The van der Waals surface area contributed by atoms with Gasteiger partial charge in [-0.15, -0.1) is 0 Å². The molecule has 2 aromatic rings. The van der Waals surface area contributed by atoms with Gasteiger partial charge in [-0.2, -0.15) is 0 Å². The Bertz CT molecular complexity index is 952. The highest BCUT2D eigenvalue weighted by molar-refractivity contribution is 7.99. The third-order valence-corrected chi connectivity index (χ3v) is 6.72. The van der Waals surface area contributed by atoms with E-state index in [1.807, 2.05) is 0 Å². The van der Waals surface area contributed by atoms with Crippen LogP contribution in [0.5, 0.6) is 11.5 Å². The fraction of sp³-hybridized carbons (Fsp3) is 0. The summed E-state index contributed by atoms with van der Waals surface area (Å²) in [6, 6.07) is 8.38. The van der Waals surface area contributed by atoms with Crippen molar-refractivity contribution < 1.29 is 21.6 Å². The first-order valence-corrected chi connectivity index (χ1v) is 8.81. The molecule has 0 aliphatic carbocycles. The predicted molar refractivity (Wildman–Crippen MR) is 71.7 cm³/mol. The molecule has 0 amide bonds. The molecule has 0 aromatic heterocycles. The first-order chi connectivity index (χ1) is 9.90. The van der Waals surface area contributed by atoms with Gasteiger partial charge in [0.25, 0.3) is 0 Å². The largest absolute Gasteiger partial charge is 0.454 e. The minimum absolute atomic E-state index is 0.0691. The van der Waals surface area contributed by atoms with Gasteiger partial charge in [-0.25, -0.2) is 16.8 Å². The minimum atomic E-state index is -3.63. The molecular weight excluding hydrogens is 316 g/mol. The molecule has 9 heteroatoms. The van der Waals surface area contributed by atoms with E-state index in [9.17, 15) is 16.8 Å². The van der Waals surface area contributed by atoms with Gasteiger partial charge >= 0.3 is 0 Å². The van der Waals surface area contributed by atoms with Crippen molar-refractivity contribution in [2.24, 2.45) is 5.84 Å². The van der Waals surface area contributed by atoms with Crippen LogP contribution in [0.1, 0.15) is 0 Å². The van der Waals surface area contributed by atoms with Gasteiger partial charge in [-0.3, -0.25) is 5.84 Å². The predicted octanol–water partition coefficient (Wildman–Crippen LogP) is 1.06. The van der Waals surface area contributed by atoms with Crippen molar-refractivity contribution in [3.63, 3.8) is 0 Å². The first-order valence-electron chi connectivity index (χ1n) is 5.84. The van der Waals surface area contributed by atoms with E-state index < -0.39 is 19.7 Å². The summed E-state index contributed by atoms with van der Waals surface area (Å²) in [5.74, 6) is 5.47. The summed E-state index contributed by atoms with van der Waals surface area (Å²) in [4.78, 5) is -0.426. The molecule has 2 heterocycles. The maximum Gasteiger partial charge on any atom is 0.215 e. The van der Waals surface area contributed by atoms with Crippen LogP contribution in [0.15, 0.2) is 49.9 Å². The smallest absolute Gasteiger partial charge is 0.215 e. The third-order valence-electron chi connectivity index (χ3n) is 3.38. The Balaban J connectivity index is 1.96. The van der Waals surface area contributed by atoms with Crippen LogP contribution >= 0.6 is 0 Å². The van der Waals surface area contributed by atoms with Crippen molar-refractivity contribution in [3.05, 3.63) is 30.3 Å². The van der Waals surface area contributed by atoms with Crippen LogP contribution in [0, 0.1) is 0 Å². The molecule has 0 saturated carbocycles. The number of hydrogen-bond acceptors (Lipinski definition) is 7. The lowest BCUT2D eigenvalue weighted by Gasteiger charge is -2.03. The molecule has 3 N–H and O–H groups in total. The number of ether oxygens (including phenoxy) is 1. The maximum absolute atomic E-state index is 11.9. The lowest BCUT2D eigenvalue weighted by molar-refractivity contribution is 0.457. The van der Waals surface area contributed by atoms with Gasteiger partial charge in [0.2, 0.25) is 19.7 Å². The Morgan fingerprint density at radius 3 is 1.86 bits per heavy atom. The molecule has 21 heavy (non-hydrogen) atoms. The van der Waals surface area contributed by atoms with Crippen LogP contribution in [0.25, 0.3) is 0 Å². The summed E-state index contributed by atoms with van der Waals surface area (Å²) < 4.78 is 53.3. The van der Waals surface area contributed by atoms with Gasteiger partial charge in [0, 0.05) is 0 Å². The molecule has 0 saturated heterocycles. The molecule has 2 aliphatic heterocycles. The molecule has 2 aliphatic rings. The molecule has 0 atom stereocenters. The Hall–Kier alpha value is -2.10. The fourth-order valence-corrected chi connectivity index (χ4v) is 5.71. The summed E-state index contributed by atoms with van der Waals surface area (Å²) >= 11 is 0. The zero-order chi connectivity index (χ0) is 15.0. The first kappa shape index (κ1) is 12.6. The van der Waals surface area contributed by atoms with Crippen molar-refractivity contribution in [2.75, 3.05) is 5.43 Å². The minimum Gasteiger partial charge on any atom is -0.454 e. The number of nitrogens with one attached hydrogen (secondary N) is 1. The molecule has 0 unspecified atom stereocenters. The van der Waals surface area contributed by atoms with Crippen molar-refractivity contribution in [1.82, 2.24) is 0 Å². The van der Waals surface area contributed by atoms with E-state index in [-0.39, 0.29) is 31.0 Å². The van der Waals surface area contributed by atoms with E-state index in [1.165, 1.54) is 0 Å². The van der Waals surface area contributed by atoms with Crippen LogP contribution in [0.4, 0.5) is 5.69 Å². The fourth-order valence-electron chi connectivity index (χ4n) is 2.37. The van der Waals surface area contributed by atoms with E-state index in [1.54, 1.807) is 30.3 Å². The van der Waals surface area contributed by atoms with Crippen LogP contribution in [0.2, 0.25) is 0 Å². The molecule has 4 rings (SSSR count). The number of sulfone groups is 2. The van der Waals surface area contributed by atoms with E-state index >= 15 is 0 Å². The molecule has 0 radical (unpaired) electrons. The van der Waals surface area contributed by atoms with Gasteiger partial charge in [0.15, 0.2) is 5.75 Å². The van der Waals surface area contributed by atoms with Crippen molar-refractivity contribution in [2.45, 2.75) is 19.6 Å². The number of benzene rings is 2. The Morgan fingerprint density at radius 1 is 0.857 bits per heavy atom. The highest BCUT2D eigenvalue weighted by Crippen LogP contribution is 2.65. The highest BCUT2D eigenvalue weighted by Gasteiger charge is 2.59. The van der Waals surface area contributed by atoms with E-state index in [4.69, 9.17) is 10.6 Å². The van der Waals surface area contributed by atoms with E-state index in [0.29, 0.717) is 5.75 Å². The van der Waals surface area contributed by atoms with Crippen LogP contribution in [-0.2, 0) is 19.7 Å². The van der Waals surface area contributed by atoms with Gasteiger partial charge < -0.3 is 10.2 Å². The normalized spacial score (nSPS) is 18.3. The number of nitrogens with two attached hydrogens (primary N) is 1. The Kier molecular flexibility index (Phi) is 2.14. The van der Waals surface area contributed by atoms with E-state index in [0.717, 1.165) is 0 Å². The Morgan fingerprint density at radius 2 is 1.38 bits per heavy atom. The lowest BCUT2D eigenvalue weighted by Crippen LogP contribution is -2.07. The summed E-state index contributed by atoms with van der Waals surface area (Å²) in [7, 11) is -7.27. The lowest BCUT2D eigenvalue weighted by atomic mass is 10.3. The van der Waals surface area contributed by atoms with Crippen LogP contribution in [-0.4, -0.2) is 16.8 Å². The molecule has 0 fully saturated rings. The van der Waals surface area contributed by atoms with Crippen LogP contribution < -0.4 is 16.0 Å². The number of nitrogen functional groups attached to an aromatic ring is 1. The number of rotatable bonds is 3. The van der Waals surface area contributed by atoms with E-state index in [2.05, 4.69) is 5.43 Å². The zero-order valence-corrected chi connectivity index (χ0v) is 12.0. The second kappa shape index (κ2) is 3.56. The monoisotopic (exact) mass is 324 g/mol. The molecule has 108 valence electrons. The number of anilines is 1. The summed E-state index contributed by atoms with van der Waals surface area (Å²) in [5.41, 5.74) is 2.09. The Labute approximate surface area is 120 Å². The van der Waals surface area contributed by atoms with Crippen molar-refractivity contribution in [1.29, 1.82) is 0 Å². The third kappa shape index (κ3) is 1.45. The average Bonchev–Trinajstić information content (AvgIpc) is 3.23. The van der Waals surface area contributed by atoms with Gasteiger partial charge in [0.05, 0.1) is 5.69 Å². The summed E-state index contributed by atoms with van der Waals surface area (Å²) in [6.45, 7) is 0. The standard InChI is InChI=1S/C12H8N2O5S2/c13-14-7-9-11(20(9,15)16)8(12-10(7)21(12,17)18)19-6-4-2-1-3-5-6/h1-5,14H,13H2. The van der Waals surface area contributed by atoms with Crippen molar-refractivity contribution in [3.8, 4) is 11.5 Å². The number of hydrogen-bond donors (Lipinski definition) is 2. The SMILES string of the molecule is NNc1c2c(c(Oc3ccccc3)c3c1S3(=O)=O)S2(=O)=O. The molecule has 0 spiro atoms. The molecular formula is C12H8N2O5S2. The molecule has 7 nitrogen and oxygen atoms in total. The van der Waals surface area contributed by atoms with Gasteiger partial charge in [-0.05, 0) is 12.1 Å². The molecule has 0 bridgehead atoms. The number of hydrazine groups is 1. The maximum atomic E-state index is 11.9. The van der Waals surface area contributed by atoms with Gasteiger partial charge in [0.1, 0.15) is 25.3 Å². The zero-order valence-electron chi connectivity index (χ0n) is 10.3. The average molecular weight is 324 g/mol. The second-order valence-corrected chi connectivity index (χ2v) is 8.23. The van der Waals surface area contributed by atoms with Gasteiger partial charge in [-0.1, -0.05) is 18.2 Å². The summed E-state index contributed by atoms with van der Waals surface area (Å²) in [6.07, 6.45) is 0. The number of fused-ring (bicyclic) bond motifs is 2. The topological polar surface area (TPSA) is 116 Å². The number of para-hydroxylation sites is 1. The molecule has 2 aromatic carbocycles. The van der Waals surface area contributed by atoms with Crippen LogP contribution in [0.3, 0.4) is 0 Å². The highest BCUT2D eigenvalue weighted by atomic mass is 32.2. The second-order valence-electron chi connectivity index (χ2n) is 4.59. The summed E-state index contributed by atoms with van der Waals surface area (Å²) in [5, 5.41) is 0. The quantitative estimate of drug-likeness (QED) is 0.329.